The molecule has 0 aromatic rings. The van der Waals surface area contributed by atoms with Gasteiger partial charge in [0.25, 0.3) is 0 Å². The van der Waals surface area contributed by atoms with Gasteiger partial charge in [0.15, 0.2) is 0 Å². The Bertz CT molecular complexity index is 1130. The summed E-state index contributed by atoms with van der Waals surface area (Å²) in [5.41, 5.74) is 0. The smallest absolute Gasteiger partial charge is 0.0231 e. The fraction of sp³-hybridized carbons (Fsp3) is 0.929. The minimum atomic E-state index is 0.904. The molecule has 0 nitrogen and oxygen atoms in total. The van der Waals surface area contributed by atoms with E-state index < -0.39 is 0 Å². The molecule has 10 aliphatic carbocycles. The molecule has 0 aromatic carbocycles. The van der Waals surface area contributed by atoms with Crippen molar-refractivity contribution in [2.24, 2.45) is 107 Å². The highest BCUT2D eigenvalue weighted by Crippen LogP contribution is 2.68. The van der Waals surface area contributed by atoms with Crippen molar-refractivity contribution < 1.29 is 0 Å². The summed E-state index contributed by atoms with van der Waals surface area (Å²) in [6, 6.07) is 0. The second-order valence-corrected chi connectivity index (χ2v) is 23.7. The maximum atomic E-state index is 2.82. The lowest BCUT2D eigenvalue weighted by Crippen LogP contribution is -2.59. The van der Waals surface area contributed by atoms with Gasteiger partial charge in [0.1, 0.15) is 0 Å². The Labute approximate surface area is 347 Å². The van der Waals surface area contributed by atoms with Gasteiger partial charge in [-0.3, -0.25) is 0 Å². The van der Waals surface area contributed by atoms with E-state index >= 15 is 0 Å². The predicted octanol–water partition coefficient (Wildman–Crippen LogP) is 16.6. The van der Waals surface area contributed by atoms with Crippen molar-refractivity contribution in [2.75, 3.05) is 0 Å². The third kappa shape index (κ3) is 8.27. The topological polar surface area (TPSA) is 0 Å². The van der Waals surface area contributed by atoms with Gasteiger partial charge < -0.3 is 0 Å². The molecule has 0 radical (unpaired) electrons. The summed E-state index contributed by atoms with van der Waals surface area (Å²) in [6.45, 7) is 0. The molecule has 0 saturated heterocycles. The summed E-state index contributed by atoms with van der Waals surface area (Å²) in [5, 5.41) is 0. The Balaban J connectivity index is 0.920. The molecule has 0 amide bonds. The minimum Gasteiger partial charge on any atom is -0.0851 e. The van der Waals surface area contributed by atoms with E-state index in [1.165, 1.54) is 89.9 Å². The summed E-state index contributed by atoms with van der Waals surface area (Å²) in [4.78, 5) is 0. The molecule has 10 rings (SSSR count). The van der Waals surface area contributed by atoms with Crippen LogP contribution < -0.4 is 0 Å². The molecule has 314 valence electrons. The summed E-state index contributed by atoms with van der Waals surface area (Å²) in [6.07, 6.45) is 64.1. The highest BCUT2D eigenvalue weighted by atomic mass is 14.7. The van der Waals surface area contributed by atoms with Gasteiger partial charge in [-0.05, 0) is 209 Å². The molecule has 0 spiro atoms. The summed E-state index contributed by atoms with van der Waals surface area (Å²) in [5.74, 6) is 18.9. The Hall–Kier alpha value is -0.520. The molecular weight excluding hydrogens is 673 g/mol. The molecule has 12 unspecified atom stereocenters. The van der Waals surface area contributed by atoms with Gasteiger partial charge in [-0.15, -0.1) is 0 Å². The number of hydrogen-bond donors (Lipinski definition) is 0. The van der Waals surface area contributed by atoms with E-state index in [0.29, 0.717) is 0 Å². The lowest BCUT2D eigenvalue weighted by Gasteiger charge is -2.66. The average Bonchev–Trinajstić information content (AvgIpc) is 3.27. The number of rotatable bonds is 7. The van der Waals surface area contributed by atoms with Crippen LogP contribution in [0.15, 0.2) is 24.3 Å². The van der Waals surface area contributed by atoms with E-state index in [9.17, 15) is 0 Å². The van der Waals surface area contributed by atoms with E-state index in [-0.39, 0.29) is 0 Å². The quantitative estimate of drug-likeness (QED) is 0.227. The van der Waals surface area contributed by atoms with E-state index in [0.717, 1.165) is 107 Å². The van der Waals surface area contributed by atoms with Crippen molar-refractivity contribution in [1.82, 2.24) is 0 Å². The summed E-state index contributed by atoms with van der Waals surface area (Å²) < 4.78 is 0. The largest absolute Gasteiger partial charge is 0.0851 e. The zero-order valence-electron chi connectivity index (χ0n) is 36.7. The zero-order valence-corrected chi connectivity index (χ0v) is 36.7. The van der Waals surface area contributed by atoms with E-state index in [1.807, 2.05) is 0 Å². The fourth-order valence-corrected chi connectivity index (χ4v) is 19.3. The van der Waals surface area contributed by atoms with Gasteiger partial charge in [0.05, 0.1) is 0 Å². The first kappa shape index (κ1) is 39.6. The Kier molecular flexibility index (Phi) is 13.2. The van der Waals surface area contributed by atoms with Crippen molar-refractivity contribution in [2.45, 2.75) is 218 Å². The molecule has 0 heteroatoms. The monoisotopic (exact) mass is 763 g/mol. The lowest BCUT2D eigenvalue weighted by molar-refractivity contribution is -0.174. The van der Waals surface area contributed by atoms with Crippen LogP contribution in [0.25, 0.3) is 0 Å². The van der Waals surface area contributed by atoms with Gasteiger partial charge >= 0.3 is 0 Å². The molecule has 0 aliphatic heterocycles. The molecule has 10 aliphatic rings. The first-order valence-corrected chi connectivity index (χ1v) is 27.2. The van der Waals surface area contributed by atoms with Crippen molar-refractivity contribution in [1.29, 1.82) is 0 Å². The lowest BCUT2D eigenvalue weighted by atomic mass is 9.39. The molecule has 0 bridgehead atoms. The maximum Gasteiger partial charge on any atom is -0.0231 e. The van der Waals surface area contributed by atoms with Crippen LogP contribution in [0.5, 0.6) is 0 Å². The van der Waals surface area contributed by atoms with Crippen LogP contribution in [0.3, 0.4) is 0 Å². The number of hydrogen-bond acceptors (Lipinski definition) is 0. The van der Waals surface area contributed by atoms with E-state index in [2.05, 4.69) is 24.3 Å². The van der Waals surface area contributed by atoms with Crippen LogP contribution in [-0.4, -0.2) is 0 Å². The number of allylic oxidation sites excluding steroid dienone is 4. The van der Waals surface area contributed by atoms with Crippen LogP contribution in [-0.2, 0) is 0 Å². The first-order chi connectivity index (χ1) is 27.8. The van der Waals surface area contributed by atoms with Crippen molar-refractivity contribution >= 4 is 0 Å². The third-order valence-corrected chi connectivity index (χ3v) is 21.1. The Morgan fingerprint density at radius 3 is 0.768 bits per heavy atom. The standard InChI is InChI=1S/C56H90/c1-3-17-39(18-4-1)33-35-41-21-15-23-43(37-41)53-45-25-7-11-29-49(45)55(50-30-12-8-26-46(50)53)56-51-31-13-9-27-47(51)54(48-28-10-14-32-52(48)56)44-24-16-22-42(38-44)36-34-40-19-5-2-6-20-40/h33-36,39-56H,1-32,37-38H2. The molecule has 10 saturated carbocycles. The Morgan fingerprint density at radius 1 is 0.196 bits per heavy atom. The second-order valence-electron chi connectivity index (χ2n) is 23.7. The third-order valence-electron chi connectivity index (χ3n) is 21.1. The van der Waals surface area contributed by atoms with Crippen LogP contribution in [0.2, 0.25) is 0 Å². The fourth-order valence-electron chi connectivity index (χ4n) is 19.3. The van der Waals surface area contributed by atoms with Crippen molar-refractivity contribution in [3.8, 4) is 0 Å². The second kappa shape index (κ2) is 18.6. The highest BCUT2D eigenvalue weighted by molar-refractivity contribution is 5.11. The summed E-state index contributed by atoms with van der Waals surface area (Å²) >= 11 is 0. The van der Waals surface area contributed by atoms with Crippen LogP contribution in [0.4, 0.5) is 0 Å². The van der Waals surface area contributed by atoms with Crippen LogP contribution in [0, 0.1) is 107 Å². The first-order valence-electron chi connectivity index (χ1n) is 27.2. The van der Waals surface area contributed by atoms with Gasteiger partial charge in [0, 0.05) is 0 Å². The van der Waals surface area contributed by atoms with Crippen molar-refractivity contribution in [3.63, 3.8) is 0 Å². The molecule has 12 atom stereocenters. The maximum absolute atomic E-state index is 2.82. The predicted molar refractivity (Wildman–Crippen MR) is 238 cm³/mol. The SMILES string of the molecule is C(=CC1CCCC(C2C3CCCCC3C(C3C4CCCCC4C(C4CCCC(C=CC5CCCCC5)C4)C4CCCCC43)C3CCCCC32)C1)C1CCCCC1. The van der Waals surface area contributed by atoms with Crippen molar-refractivity contribution in [3.05, 3.63) is 24.3 Å². The van der Waals surface area contributed by atoms with Crippen LogP contribution >= 0.6 is 0 Å². The molecule has 56 heavy (non-hydrogen) atoms. The normalized spacial score (nSPS) is 48.5. The number of fused-ring (bicyclic) bond motifs is 4. The molecule has 0 heterocycles. The molecule has 0 N–H and O–H groups in total. The highest BCUT2D eigenvalue weighted by Gasteiger charge is 2.61. The van der Waals surface area contributed by atoms with Gasteiger partial charge in [-0.2, -0.15) is 0 Å². The Morgan fingerprint density at radius 2 is 0.446 bits per heavy atom. The van der Waals surface area contributed by atoms with E-state index in [4.69, 9.17) is 0 Å². The molecule has 0 aromatic heterocycles. The van der Waals surface area contributed by atoms with Gasteiger partial charge in [-0.1, -0.05) is 140 Å². The zero-order chi connectivity index (χ0) is 37.3. The average molecular weight is 763 g/mol. The van der Waals surface area contributed by atoms with Crippen LogP contribution in [0.1, 0.15) is 218 Å². The molecular formula is C56H90. The van der Waals surface area contributed by atoms with E-state index in [1.54, 1.807) is 128 Å². The van der Waals surface area contributed by atoms with Gasteiger partial charge in [-0.25, -0.2) is 0 Å². The minimum absolute atomic E-state index is 0.904. The molecule has 10 fully saturated rings. The van der Waals surface area contributed by atoms with Gasteiger partial charge in [0.2, 0.25) is 0 Å². The summed E-state index contributed by atoms with van der Waals surface area (Å²) in [7, 11) is 0.